The number of aryl methyl sites for hydroxylation is 1. The Labute approximate surface area is 190 Å². The zero-order chi connectivity index (χ0) is 23.2. The third kappa shape index (κ3) is 3.97. The first-order valence-corrected chi connectivity index (χ1v) is 11.1. The lowest BCUT2D eigenvalue weighted by Crippen LogP contribution is -2.53. The zero-order valence-corrected chi connectivity index (χ0v) is 18.7. The number of benzene rings is 1. The van der Waals surface area contributed by atoms with Crippen LogP contribution in [0.1, 0.15) is 48.4 Å². The Hall–Kier alpha value is -3.00. The number of aromatic amines is 1. The normalized spacial score (nSPS) is 21.6. The van der Waals surface area contributed by atoms with Crippen LogP contribution in [-0.4, -0.2) is 40.9 Å². The number of halogens is 2. The van der Waals surface area contributed by atoms with Crippen LogP contribution < -0.4 is 9.47 Å². The number of alkyl halides is 2. The topological polar surface area (TPSA) is 67.4 Å². The van der Waals surface area contributed by atoms with Crippen LogP contribution in [0.15, 0.2) is 36.7 Å². The minimum absolute atomic E-state index is 0.0555. The zero-order valence-electron chi connectivity index (χ0n) is 18.7. The average molecular weight is 456 g/mol. The highest BCUT2D eigenvalue weighted by Crippen LogP contribution is 2.60. The number of likely N-dealkylation sites (tertiary alicyclic amines) is 1. The van der Waals surface area contributed by atoms with E-state index in [9.17, 15) is 13.6 Å². The van der Waals surface area contributed by atoms with E-state index in [-0.39, 0.29) is 30.2 Å². The van der Waals surface area contributed by atoms with Gasteiger partial charge in [-0.25, -0.2) is 13.8 Å². The van der Waals surface area contributed by atoms with E-state index >= 15 is 0 Å². The maximum absolute atomic E-state index is 13.9. The smallest absolute Gasteiger partial charge is 0.299 e. The molecule has 1 saturated carbocycles. The van der Waals surface area contributed by atoms with Gasteiger partial charge >= 0.3 is 0 Å². The molecule has 33 heavy (non-hydrogen) atoms. The van der Waals surface area contributed by atoms with Crippen molar-refractivity contribution in [3.8, 4) is 11.6 Å². The van der Waals surface area contributed by atoms with Crippen LogP contribution in [0, 0.1) is 12.3 Å². The Balaban J connectivity index is 1.49. The van der Waals surface area contributed by atoms with E-state index in [1.165, 1.54) is 0 Å². The number of methoxy groups -OCH3 is 1. The molecule has 1 aromatic carbocycles. The van der Waals surface area contributed by atoms with Crippen molar-refractivity contribution >= 4 is 17.4 Å². The maximum atomic E-state index is 13.9. The average Bonchev–Trinajstić information content (AvgIpc) is 3.27. The SMILES string of the molecule is COc1cc(C)c2[nH]ccc2c1CN1CCC2(C[C@@H]1c1ccc(OC=O)nc1)CC(F)(F)C2. The number of ether oxygens (including phenoxy) is 2. The third-order valence-corrected chi connectivity index (χ3v) is 7.27. The summed E-state index contributed by atoms with van der Waals surface area (Å²) in [6, 6.07) is 7.54. The van der Waals surface area contributed by atoms with Crippen LogP contribution in [0.25, 0.3) is 10.9 Å². The van der Waals surface area contributed by atoms with Crippen LogP contribution in [0.4, 0.5) is 8.78 Å². The second kappa shape index (κ2) is 8.09. The number of hydrogen-bond acceptors (Lipinski definition) is 5. The number of nitrogens with one attached hydrogen (secondary N) is 1. The Morgan fingerprint density at radius 3 is 2.79 bits per heavy atom. The third-order valence-electron chi connectivity index (χ3n) is 7.27. The van der Waals surface area contributed by atoms with Crippen LogP contribution in [0.3, 0.4) is 0 Å². The summed E-state index contributed by atoms with van der Waals surface area (Å²) in [4.78, 5) is 20.5. The quantitative estimate of drug-likeness (QED) is 0.520. The Morgan fingerprint density at radius 2 is 2.12 bits per heavy atom. The molecule has 1 saturated heterocycles. The van der Waals surface area contributed by atoms with Gasteiger partial charge in [-0.15, -0.1) is 0 Å². The lowest BCUT2D eigenvalue weighted by molar-refractivity contribution is -0.186. The number of carbonyl (C=O) groups excluding carboxylic acids is 1. The highest BCUT2D eigenvalue weighted by molar-refractivity contribution is 5.88. The molecular weight excluding hydrogens is 428 g/mol. The molecule has 0 bridgehead atoms. The van der Waals surface area contributed by atoms with E-state index in [0.29, 0.717) is 26.0 Å². The molecule has 8 heteroatoms. The van der Waals surface area contributed by atoms with Crippen LogP contribution in [-0.2, 0) is 11.3 Å². The molecule has 1 atom stereocenters. The van der Waals surface area contributed by atoms with Crippen molar-refractivity contribution < 1.29 is 23.0 Å². The molecule has 0 radical (unpaired) electrons. The standard InChI is InChI=1S/C25H27F2N3O3/c1-16-9-21(32-2)19(18-5-7-28-23(16)18)12-30-8-6-24(13-25(26,27)14-24)10-20(30)17-3-4-22(29-11-17)33-15-31/h3-5,7,9,11,15,20,28H,6,8,10,12-14H2,1-2H3/t20-/m1/s1. The number of fused-ring (bicyclic) bond motifs is 1. The van der Waals surface area contributed by atoms with Gasteiger partial charge in [0.2, 0.25) is 11.8 Å². The van der Waals surface area contributed by atoms with Gasteiger partial charge < -0.3 is 14.5 Å². The van der Waals surface area contributed by atoms with Crippen molar-refractivity contribution in [3.63, 3.8) is 0 Å². The molecule has 1 spiro atoms. The van der Waals surface area contributed by atoms with Crippen LogP contribution in [0.2, 0.25) is 0 Å². The molecule has 3 aromatic rings. The van der Waals surface area contributed by atoms with E-state index < -0.39 is 5.92 Å². The number of piperidine rings is 1. The van der Waals surface area contributed by atoms with E-state index in [0.717, 1.165) is 39.8 Å². The number of nitrogens with zero attached hydrogens (tertiary/aromatic N) is 2. The maximum Gasteiger partial charge on any atom is 0.299 e. The van der Waals surface area contributed by atoms with E-state index in [1.54, 1.807) is 19.4 Å². The minimum Gasteiger partial charge on any atom is -0.496 e. The Kier molecular flexibility index (Phi) is 5.35. The van der Waals surface area contributed by atoms with Gasteiger partial charge in [-0.2, -0.15) is 0 Å². The summed E-state index contributed by atoms with van der Waals surface area (Å²) < 4.78 is 38.3. The van der Waals surface area contributed by atoms with Gasteiger partial charge in [0.05, 0.1) is 7.11 Å². The number of rotatable bonds is 6. The monoisotopic (exact) mass is 455 g/mol. The fourth-order valence-electron chi connectivity index (χ4n) is 5.75. The molecule has 1 aliphatic heterocycles. The van der Waals surface area contributed by atoms with Crippen molar-refractivity contribution in [1.82, 2.24) is 14.9 Å². The molecule has 2 aliphatic rings. The molecule has 0 amide bonds. The first-order valence-electron chi connectivity index (χ1n) is 11.1. The number of H-pyrrole nitrogens is 1. The number of pyridine rings is 1. The summed E-state index contributed by atoms with van der Waals surface area (Å²) in [5.74, 6) is -1.53. The molecular formula is C25H27F2N3O3. The molecule has 1 N–H and O–H groups in total. The molecule has 2 aromatic heterocycles. The predicted molar refractivity (Wildman–Crippen MR) is 120 cm³/mol. The second-order valence-electron chi connectivity index (χ2n) is 9.43. The first-order chi connectivity index (χ1) is 15.8. The van der Waals surface area contributed by atoms with Gasteiger partial charge in [0.25, 0.3) is 6.47 Å². The van der Waals surface area contributed by atoms with Crippen molar-refractivity contribution in [3.05, 3.63) is 53.3 Å². The molecule has 2 fully saturated rings. The highest BCUT2D eigenvalue weighted by atomic mass is 19.3. The fraction of sp³-hybridized carbons (Fsp3) is 0.440. The van der Waals surface area contributed by atoms with Crippen molar-refractivity contribution in [2.75, 3.05) is 13.7 Å². The van der Waals surface area contributed by atoms with Crippen LogP contribution >= 0.6 is 0 Å². The Bertz CT molecular complexity index is 1170. The molecule has 6 nitrogen and oxygen atoms in total. The second-order valence-corrected chi connectivity index (χ2v) is 9.43. The van der Waals surface area contributed by atoms with Crippen molar-refractivity contribution in [2.24, 2.45) is 5.41 Å². The van der Waals surface area contributed by atoms with Crippen molar-refractivity contribution in [2.45, 2.75) is 51.1 Å². The largest absolute Gasteiger partial charge is 0.496 e. The van der Waals surface area contributed by atoms with E-state index in [4.69, 9.17) is 9.47 Å². The summed E-state index contributed by atoms with van der Waals surface area (Å²) in [6.07, 6.45) is 4.88. The lowest BCUT2D eigenvalue weighted by atomic mass is 9.59. The summed E-state index contributed by atoms with van der Waals surface area (Å²) in [6.45, 7) is 3.72. The van der Waals surface area contributed by atoms with Crippen LogP contribution in [0.5, 0.6) is 11.6 Å². The number of aromatic nitrogens is 2. The molecule has 3 heterocycles. The van der Waals surface area contributed by atoms with Gasteiger partial charge in [0, 0.05) is 60.4 Å². The molecule has 0 unspecified atom stereocenters. The van der Waals surface area contributed by atoms with Crippen molar-refractivity contribution in [1.29, 1.82) is 0 Å². The number of carbonyl (C=O) groups is 1. The van der Waals surface area contributed by atoms with Gasteiger partial charge in [-0.3, -0.25) is 9.69 Å². The van der Waals surface area contributed by atoms with Gasteiger partial charge in [-0.1, -0.05) is 6.07 Å². The summed E-state index contributed by atoms with van der Waals surface area (Å²) >= 11 is 0. The van der Waals surface area contributed by atoms with E-state index in [2.05, 4.69) is 20.9 Å². The predicted octanol–water partition coefficient (Wildman–Crippen LogP) is 5.17. The minimum atomic E-state index is -2.57. The highest BCUT2D eigenvalue weighted by Gasteiger charge is 2.58. The lowest BCUT2D eigenvalue weighted by Gasteiger charge is -2.54. The fourth-order valence-corrected chi connectivity index (χ4v) is 5.75. The summed E-state index contributed by atoms with van der Waals surface area (Å²) in [7, 11) is 1.67. The Morgan fingerprint density at radius 1 is 1.30 bits per heavy atom. The van der Waals surface area contributed by atoms with Gasteiger partial charge in [-0.05, 0) is 55.0 Å². The number of hydrogen-bond donors (Lipinski definition) is 1. The van der Waals surface area contributed by atoms with E-state index in [1.807, 2.05) is 25.3 Å². The molecule has 174 valence electrons. The summed E-state index contributed by atoms with van der Waals surface area (Å²) in [5, 5.41) is 1.11. The molecule has 1 aliphatic carbocycles. The molecule has 5 rings (SSSR count). The van der Waals surface area contributed by atoms with Gasteiger partial charge in [0.15, 0.2) is 0 Å². The van der Waals surface area contributed by atoms with Gasteiger partial charge in [0.1, 0.15) is 5.75 Å². The summed E-state index contributed by atoms with van der Waals surface area (Å²) in [5.41, 5.74) is 3.85. The first kappa shape index (κ1) is 21.8.